The zero-order valence-corrected chi connectivity index (χ0v) is 19.6. The molecule has 1 fully saturated rings. The predicted octanol–water partition coefficient (Wildman–Crippen LogP) is 1.30. The fraction of sp³-hybridized carbons (Fsp3) is 0.818. The lowest BCUT2D eigenvalue weighted by Gasteiger charge is -2.34. The van der Waals surface area contributed by atoms with Crippen LogP contribution < -0.4 is 27.4 Å². The highest BCUT2D eigenvalue weighted by Gasteiger charge is 2.39. The van der Waals surface area contributed by atoms with E-state index in [9.17, 15) is 14.4 Å². The highest BCUT2D eigenvalue weighted by Crippen LogP contribution is 2.19. The van der Waals surface area contributed by atoms with E-state index in [2.05, 4.69) is 20.9 Å². The Morgan fingerprint density at radius 3 is 2.16 bits per heavy atom. The first-order chi connectivity index (χ1) is 14.6. The first kappa shape index (κ1) is 26.7. The molecule has 0 aromatic rings. The minimum absolute atomic E-state index is 0.000349. The van der Waals surface area contributed by atoms with Gasteiger partial charge >= 0.3 is 0 Å². The van der Waals surface area contributed by atoms with Crippen LogP contribution in [-0.2, 0) is 14.4 Å². The molecule has 0 bridgehead atoms. The maximum Gasteiger partial charge on any atom is 0.246 e. The lowest BCUT2D eigenvalue weighted by atomic mass is 9.90. The van der Waals surface area contributed by atoms with Gasteiger partial charge in [0.05, 0.1) is 0 Å². The van der Waals surface area contributed by atoms with Gasteiger partial charge in [-0.15, -0.1) is 0 Å². The molecule has 3 amide bonds. The molecule has 1 aliphatic rings. The monoisotopic (exact) mass is 438 g/mol. The standard InChI is InChI=1S/C22H42N6O3/c1-5-22(6-2,28-18(29)15(3)4)20(31)27-17(13-10-14-25-21(23)24)19(30)26-16-11-8-7-9-12-16/h15-17H,5-14H2,1-4H3,(H,26,30)(H,27,31)(H,28,29)(H4,23,24,25)/t17-/m0/s1. The number of guanidine groups is 1. The van der Waals surface area contributed by atoms with Crippen molar-refractivity contribution in [3.8, 4) is 0 Å². The van der Waals surface area contributed by atoms with Crippen molar-refractivity contribution in [3.63, 3.8) is 0 Å². The third kappa shape index (κ3) is 8.75. The van der Waals surface area contributed by atoms with E-state index in [0.717, 1.165) is 25.7 Å². The quantitative estimate of drug-likeness (QED) is 0.177. The predicted molar refractivity (Wildman–Crippen MR) is 123 cm³/mol. The van der Waals surface area contributed by atoms with Gasteiger partial charge in [0.2, 0.25) is 17.7 Å². The summed E-state index contributed by atoms with van der Waals surface area (Å²) < 4.78 is 0. The molecular weight excluding hydrogens is 396 g/mol. The Kier molecular flexibility index (Phi) is 11.3. The zero-order chi connectivity index (χ0) is 23.4. The number of hydrogen-bond donors (Lipinski definition) is 5. The lowest BCUT2D eigenvalue weighted by molar-refractivity contribution is -0.137. The molecule has 0 aliphatic heterocycles. The fourth-order valence-corrected chi connectivity index (χ4v) is 3.80. The molecule has 9 heteroatoms. The third-order valence-corrected chi connectivity index (χ3v) is 6.05. The lowest BCUT2D eigenvalue weighted by Crippen LogP contribution is -2.62. The Morgan fingerprint density at radius 1 is 1.03 bits per heavy atom. The number of nitrogens with zero attached hydrogens (tertiary/aromatic N) is 1. The van der Waals surface area contributed by atoms with E-state index in [-0.39, 0.29) is 35.6 Å². The zero-order valence-electron chi connectivity index (χ0n) is 19.6. The van der Waals surface area contributed by atoms with E-state index in [1.165, 1.54) is 6.42 Å². The average molecular weight is 439 g/mol. The topological polar surface area (TPSA) is 152 Å². The first-order valence-corrected chi connectivity index (χ1v) is 11.6. The van der Waals surface area contributed by atoms with Gasteiger partial charge in [-0.25, -0.2) is 0 Å². The number of nitrogens with two attached hydrogens (primary N) is 2. The summed E-state index contributed by atoms with van der Waals surface area (Å²) in [6.07, 6.45) is 7.11. The van der Waals surface area contributed by atoms with Crippen molar-refractivity contribution >= 4 is 23.7 Å². The normalized spacial score (nSPS) is 15.8. The number of nitrogens with one attached hydrogen (secondary N) is 3. The van der Waals surface area contributed by atoms with Crippen LogP contribution in [0.3, 0.4) is 0 Å². The van der Waals surface area contributed by atoms with Crippen LogP contribution in [0.5, 0.6) is 0 Å². The molecule has 0 radical (unpaired) electrons. The molecule has 1 aliphatic carbocycles. The van der Waals surface area contributed by atoms with Crippen molar-refractivity contribution < 1.29 is 14.4 Å². The molecule has 0 saturated heterocycles. The van der Waals surface area contributed by atoms with E-state index >= 15 is 0 Å². The van der Waals surface area contributed by atoms with Gasteiger partial charge in [-0.3, -0.25) is 19.4 Å². The van der Waals surface area contributed by atoms with Crippen LogP contribution in [0.2, 0.25) is 0 Å². The SMILES string of the molecule is CCC(CC)(NC(=O)C(C)C)C(=O)N[C@@H](CCCN=C(N)N)C(=O)NC1CCCCC1. The van der Waals surface area contributed by atoms with Crippen LogP contribution in [0.1, 0.15) is 85.5 Å². The van der Waals surface area contributed by atoms with Crippen molar-refractivity contribution in [2.45, 2.75) is 103 Å². The van der Waals surface area contributed by atoms with Crippen LogP contribution in [-0.4, -0.2) is 47.8 Å². The molecule has 0 aromatic heterocycles. The Balaban J connectivity index is 2.92. The van der Waals surface area contributed by atoms with Gasteiger partial charge in [-0.1, -0.05) is 47.0 Å². The highest BCUT2D eigenvalue weighted by molar-refractivity contribution is 5.95. The minimum Gasteiger partial charge on any atom is -0.370 e. The number of aliphatic imine (C=N–C) groups is 1. The van der Waals surface area contributed by atoms with Gasteiger partial charge in [0.25, 0.3) is 0 Å². The molecule has 178 valence electrons. The average Bonchev–Trinajstić information content (AvgIpc) is 2.74. The van der Waals surface area contributed by atoms with Crippen molar-refractivity contribution in [1.29, 1.82) is 0 Å². The molecular formula is C22H42N6O3. The number of amides is 3. The number of hydrogen-bond acceptors (Lipinski definition) is 4. The Hall–Kier alpha value is -2.32. The summed E-state index contributed by atoms with van der Waals surface area (Å²) in [6, 6.07) is -0.571. The largest absolute Gasteiger partial charge is 0.370 e. The molecule has 0 spiro atoms. The second-order valence-electron chi connectivity index (χ2n) is 8.75. The molecule has 1 atom stereocenters. The van der Waals surface area contributed by atoms with Crippen LogP contribution in [0.15, 0.2) is 4.99 Å². The van der Waals surface area contributed by atoms with Crippen LogP contribution in [0, 0.1) is 5.92 Å². The van der Waals surface area contributed by atoms with Crippen molar-refractivity contribution in [3.05, 3.63) is 0 Å². The van der Waals surface area contributed by atoms with Gasteiger partial charge in [-0.2, -0.15) is 0 Å². The summed E-state index contributed by atoms with van der Waals surface area (Å²) in [7, 11) is 0. The second kappa shape index (κ2) is 13.2. The maximum absolute atomic E-state index is 13.3. The highest BCUT2D eigenvalue weighted by atomic mass is 16.2. The van der Waals surface area contributed by atoms with E-state index in [1.807, 2.05) is 13.8 Å². The van der Waals surface area contributed by atoms with E-state index in [4.69, 9.17) is 11.5 Å². The van der Waals surface area contributed by atoms with Gasteiger partial charge in [-0.05, 0) is 38.5 Å². The summed E-state index contributed by atoms with van der Waals surface area (Å²) in [5, 5.41) is 8.90. The number of carbonyl (C=O) groups excluding carboxylic acids is 3. The Bertz CT molecular complexity index is 621. The maximum atomic E-state index is 13.3. The summed E-state index contributed by atoms with van der Waals surface area (Å²) in [5.41, 5.74) is 9.70. The Morgan fingerprint density at radius 2 is 1.65 bits per heavy atom. The van der Waals surface area contributed by atoms with Crippen LogP contribution in [0.4, 0.5) is 0 Å². The summed E-state index contributed by atoms with van der Waals surface area (Å²) in [6.45, 7) is 7.67. The Labute approximate surface area is 186 Å². The molecule has 0 heterocycles. The second-order valence-corrected chi connectivity index (χ2v) is 8.75. The third-order valence-electron chi connectivity index (χ3n) is 6.05. The van der Waals surface area contributed by atoms with Crippen LogP contribution >= 0.6 is 0 Å². The summed E-state index contributed by atoms with van der Waals surface area (Å²) in [4.78, 5) is 42.6. The van der Waals surface area contributed by atoms with Crippen molar-refractivity contribution in [1.82, 2.24) is 16.0 Å². The summed E-state index contributed by atoms with van der Waals surface area (Å²) >= 11 is 0. The number of carbonyl (C=O) groups is 3. The van der Waals surface area contributed by atoms with Crippen LogP contribution in [0.25, 0.3) is 0 Å². The van der Waals surface area contributed by atoms with Crippen molar-refractivity contribution in [2.24, 2.45) is 22.4 Å². The molecule has 0 aromatic carbocycles. The first-order valence-electron chi connectivity index (χ1n) is 11.6. The minimum atomic E-state index is -1.05. The van der Waals surface area contributed by atoms with Gasteiger partial charge in [0, 0.05) is 18.5 Å². The van der Waals surface area contributed by atoms with E-state index in [1.54, 1.807) is 13.8 Å². The molecule has 0 unspecified atom stereocenters. The van der Waals surface area contributed by atoms with Gasteiger partial charge < -0.3 is 27.4 Å². The molecule has 1 saturated carbocycles. The van der Waals surface area contributed by atoms with Gasteiger partial charge in [0.15, 0.2) is 5.96 Å². The van der Waals surface area contributed by atoms with Gasteiger partial charge in [0.1, 0.15) is 11.6 Å². The molecule has 1 rings (SSSR count). The molecule has 31 heavy (non-hydrogen) atoms. The smallest absolute Gasteiger partial charge is 0.246 e. The van der Waals surface area contributed by atoms with E-state index in [0.29, 0.717) is 32.2 Å². The summed E-state index contributed by atoms with van der Waals surface area (Å²) in [5.74, 6) is -0.955. The molecule has 9 nitrogen and oxygen atoms in total. The fourth-order valence-electron chi connectivity index (χ4n) is 3.80. The van der Waals surface area contributed by atoms with E-state index < -0.39 is 11.6 Å². The number of rotatable bonds is 12. The van der Waals surface area contributed by atoms with Crippen molar-refractivity contribution in [2.75, 3.05) is 6.54 Å². The molecule has 7 N–H and O–H groups in total.